The molecule has 1 fully saturated rings. The molecule has 1 aromatic carbocycles. The lowest BCUT2D eigenvalue weighted by molar-refractivity contribution is 0.495. The molecule has 5 heteroatoms. The molecule has 1 atom stereocenters. The number of piperidine rings is 1. The summed E-state index contributed by atoms with van der Waals surface area (Å²) in [7, 11) is 0. The molecule has 0 spiro atoms. The Bertz CT molecular complexity index is 794. The highest BCUT2D eigenvalue weighted by Crippen LogP contribution is 2.33. The molecule has 24 heavy (non-hydrogen) atoms. The predicted octanol–water partition coefficient (Wildman–Crippen LogP) is 3.56. The Balaban J connectivity index is 1.60. The third-order valence-corrected chi connectivity index (χ3v) is 4.70. The molecule has 0 unspecified atom stereocenters. The van der Waals surface area contributed by atoms with Gasteiger partial charge in [-0.25, -0.2) is 9.97 Å². The van der Waals surface area contributed by atoms with Gasteiger partial charge in [-0.15, -0.1) is 0 Å². The molecule has 0 saturated carbocycles. The smallest absolute Gasteiger partial charge is 0.225 e. The van der Waals surface area contributed by atoms with Crippen molar-refractivity contribution in [3.8, 4) is 11.1 Å². The highest BCUT2D eigenvalue weighted by molar-refractivity contribution is 5.66. The molecular formula is C19H21N5. The van der Waals surface area contributed by atoms with Gasteiger partial charge in [0, 0.05) is 42.7 Å². The van der Waals surface area contributed by atoms with Crippen molar-refractivity contribution in [3.63, 3.8) is 0 Å². The Morgan fingerprint density at radius 2 is 1.92 bits per heavy atom. The lowest BCUT2D eigenvalue weighted by atomic mass is 9.90. The lowest BCUT2D eigenvalue weighted by Gasteiger charge is -2.32. The molecule has 2 aromatic heterocycles. The largest absolute Gasteiger partial charge is 0.340 e. The van der Waals surface area contributed by atoms with Crippen LogP contribution < -0.4 is 4.90 Å². The SMILES string of the molecule is Cc1ccc(-c2cn[nH]c2[C@H]2CCCN(c3ncccn3)C2)cc1. The zero-order chi connectivity index (χ0) is 16.4. The second-order valence-corrected chi connectivity index (χ2v) is 6.40. The second-order valence-electron chi connectivity index (χ2n) is 6.40. The lowest BCUT2D eigenvalue weighted by Crippen LogP contribution is -2.35. The number of aromatic nitrogens is 4. The molecule has 0 aliphatic carbocycles. The van der Waals surface area contributed by atoms with Crippen LogP contribution in [0.4, 0.5) is 5.95 Å². The first-order chi connectivity index (χ1) is 11.8. The van der Waals surface area contributed by atoms with E-state index in [1.54, 1.807) is 12.4 Å². The number of H-pyrrole nitrogens is 1. The quantitative estimate of drug-likeness (QED) is 0.802. The summed E-state index contributed by atoms with van der Waals surface area (Å²) >= 11 is 0. The summed E-state index contributed by atoms with van der Waals surface area (Å²) in [6.07, 6.45) is 7.84. The standard InChI is InChI=1S/C19H21N5/c1-14-5-7-15(8-6-14)17-12-22-23-18(17)16-4-2-11-24(13-16)19-20-9-3-10-21-19/h3,5-10,12,16H,2,4,11,13H2,1H3,(H,22,23)/t16-/m0/s1. The number of aromatic amines is 1. The van der Waals surface area contributed by atoms with Crippen LogP contribution in [0.15, 0.2) is 48.9 Å². The van der Waals surface area contributed by atoms with Crippen LogP contribution in [0.3, 0.4) is 0 Å². The maximum Gasteiger partial charge on any atom is 0.225 e. The van der Waals surface area contributed by atoms with Gasteiger partial charge in [0.15, 0.2) is 0 Å². The van der Waals surface area contributed by atoms with E-state index in [1.807, 2.05) is 12.3 Å². The zero-order valence-corrected chi connectivity index (χ0v) is 13.8. The fraction of sp³-hybridized carbons (Fsp3) is 0.316. The van der Waals surface area contributed by atoms with E-state index in [0.717, 1.165) is 31.9 Å². The summed E-state index contributed by atoms with van der Waals surface area (Å²) < 4.78 is 0. The van der Waals surface area contributed by atoms with Gasteiger partial charge in [0.25, 0.3) is 0 Å². The monoisotopic (exact) mass is 319 g/mol. The van der Waals surface area contributed by atoms with Gasteiger partial charge in [-0.1, -0.05) is 29.8 Å². The van der Waals surface area contributed by atoms with Crippen molar-refractivity contribution in [1.29, 1.82) is 0 Å². The normalized spacial score (nSPS) is 17.9. The van der Waals surface area contributed by atoms with E-state index in [4.69, 9.17) is 0 Å². The molecule has 1 saturated heterocycles. The van der Waals surface area contributed by atoms with Gasteiger partial charge < -0.3 is 4.90 Å². The molecule has 0 amide bonds. The van der Waals surface area contributed by atoms with Gasteiger partial charge in [0.2, 0.25) is 5.95 Å². The van der Waals surface area contributed by atoms with E-state index >= 15 is 0 Å². The number of aryl methyl sites for hydroxylation is 1. The van der Waals surface area contributed by atoms with Gasteiger partial charge in [-0.05, 0) is 31.4 Å². The highest BCUT2D eigenvalue weighted by Gasteiger charge is 2.26. The van der Waals surface area contributed by atoms with Crippen molar-refractivity contribution in [2.45, 2.75) is 25.7 Å². The van der Waals surface area contributed by atoms with Gasteiger partial charge in [0.1, 0.15) is 0 Å². The first kappa shape index (κ1) is 14.9. The number of hydrogen-bond donors (Lipinski definition) is 1. The van der Waals surface area contributed by atoms with E-state index in [2.05, 4.69) is 56.3 Å². The van der Waals surface area contributed by atoms with E-state index in [1.165, 1.54) is 22.4 Å². The third-order valence-electron chi connectivity index (χ3n) is 4.70. The van der Waals surface area contributed by atoms with Crippen LogP contribution in [-0.4, -0.2) is 33.3 Å². The molecule has 0 radical (unpaired) electrons. The number of benzene rings is 1. The first-order valence-electron chi connectivity index (χ1n) is 8.43. The maximum absolute atomic E-state index is 4.40. The molecule has 0 bridgehead atoms. The van der Waals surface area contributed by atoms with Crippen molar-refractivity contribution >= 4 is 5.95 Å². The van der Waals surface area contributed by atoms with Crippen molar-refractivity contribution in [1.82, 2.24) is 20.2 Å². The van der Waals surface area contributed by atoms with E-state index in [9.17, 15) is 0 Å². The number of rotatable bonds is 3. The van der Waals surface area contributed by atoms with Crippen LogP contribution in [0.25, 0.3) is 11.1 Å². The highest BCUT2D eigenvalue weighted by atomic mass is 15.3. The summed E-state index contributed by atoms with van der Waals surface area (Å²) in [5.74, 6) is 1.24. The van der Waals surface area contributed by atoms with Crippen LogP contribution in [0.2, 0.25) is 0 Å². The van der Waals surface area contributed by atoms with Crippen LogP contribution in [-0.2, 0) is 0 Å². The number of hydrogen-bond acceptors (Lipinski definition) is 4. The van der Waals surface area contributed by atoms with Crippen LogP contribution in [0, 0.1) is 6.92 Å². The predicted molar refractivity (Wildman–Crippen MR) is 95.0 cm³/mol. The van der Waals surface area contributed by atoms with Crippen molar-refractivity contribution < 1.29 is 0 Å². The molecule has 1 N–H and O–H groups in total. The topological polar surface area (TPSA) is 57.7 Å². The fourth-order valence-electron chi connectivity index (χ4n) is 3.42. The average molecular weight is 319 g/mol. The molecule has 5 nitrogen and oxygen atoms in total. The molecule has 4 rings (SSSR count). The summed E-state index contributed by atoms with van der Waals surface area (Å²) in [4.78, 5) is 11.1. The minimum Gasteiger partial charge on any atom is -0.340 e. The van der Waals surface area contributed by atoms with E-state index < -0.39 is 0 Å². The number of nitrogens with one attached hydrogen (secondary N) is 1. The Morgan fingerprint density at radius 3 is 2.71 bits per heavy atom. The first-order valence-corrected chi connectivity index (χ1v) is 8.43. The summed E-state index contributed by atoms with van der Waals surface area (Å²) in [6.45, 7) is 4.04. The summed E-state index contributed by atoms with van der Waals surface area (Å²) in [6, 6.07) is 10.5. The molecule has 122 valence electrons. The third kappa shape index (κ3) is 2.89. The molecule has 3 aromatic rings. The Labute approximate surface area is 141 Å². The van der Waals surface area contributed by atoms with E-state index in [-0.39, 0.29) is 0 Å². The molecule has 1 aliphatic heterocycles. The van der Waals surface area contributed by atoms with Gasteiger partial charge in [-0.3, -0.25) is 5.10 Å². The van der Waals surface area contributed by atoms with Crippen molar-refractivity contribution in [3.05, 3.63) is 60.2 Å². The minimum atomic E-state index is 0.418. The molecule has 3 heterocycles. The minimum absolute atomic E-state index is 0.418. The number of nitrogens with zero attached hydrogens (tertiary/aromatic N) is 4. The zero-order valence-electron chi connectivity index (χ0n) is 13.8. The molecule has 1 aliphatic rings. The van der Waals surface area contributed by atoms with E-state index in [0.29, 0.717) is 5.92 Å². The van der Waals surface area contributed by atoms with Crippen molar-refractivity contribution in [2.75, 3.05) is 18.0 Å². The Kier molecular flexibility index (Phi) is 3.99. The summed E-state index contributed by atoms with van der Waals surface area (Å²) in [5.41, 5.74) is 4.92. The van der Waals surface area contributed by atoms with Gasteiger partial charge >= 0.3 is 0 Å². The second kappa shape index (κ2) is 6.43. The number of anilines is 1. The molecular weight excluding hydrogens is 298 g/mol. The Hall–Kier alpha value is -2.69. The van der Waals surface area contributed by atoms with Gasteiger partial charge in [-0.2, -0.15) is 5.10 Å². The van der Waals surface area contributed by atoms with Gasteiger partial charge in [0.05, 0.1) is 6.20 Å². The fourth-order valence-corrected chi connectivity index (χ4v) is 3.42. The van der Waals surface area contributed by atoms with Crippen LogP contribution in [0.1, 0.15) is 30.0 Å². The Morgan fingerprint density at radius 1 is 1.12 bits per heavy atom. The van der Waals surface area contributed by atoms with Crippen LogP contribution in [0.5, 0.6) is 0 Å². The summed E-state index contributed by atoms with van der Waals surface area (Å²) in [5, 5.41) is 7.56. The maximum atomic E-state index is 4.40. The van der Waals surface area contributed by atoms with Crippen molar-refractivity contribution in [2.24, 2.45) is 0 Å². The average Bonchev–Trinajstić information content (AvgIpc) is 3.13. The van der Waals surface area contributed by atoms with Crippen LogP contribution >= 0.6 is 0 Å².